The predicted octanol–water partition coefficient (Wildman–Crippen LogP) is 2.13. The van der Waals surface area contributed by atoms with E-state index in [2.05, 4.69) is 5.32 Å². The number of hydrogen-bond donors (Lipinski definition) is 1. The molecule has 1 N–H and O–H groups in total. The summed E-state index contributed by atoms with van der Waals surface area (Å²) in [6.07, 6.45) is 1.96. The SMILES string of the molecule is CCN(CC(=O)NC1CC1)S(=O)(=O)c1ccc2ccccc2c1. The molecular weight excluding hydrogens is 312 g/mol. The van der Waals surface area contributed by atoms with Crippen molar-refractivity contribution in [3.05, 3.63) is 42.5 Å². The summed E-state index contributed by atoms with van der Waals surface area (Å²) >= 11 is 0. The van der Waals surface area contributed by atoms with Gasteiger partial charge in [0.1, 0.15) is 0 Å². The van der Waals surface area contributed by atoms with Crippen LogP contribution in [0.1, 0.15) is 19.8 Å². The highest BCUT2D eigenvalue weighted by Gasteiger charge is 2.28. The molecule has 0 radical (unpaired) electrons. The van der Waals surface area contributed by atoms with Crippen molar-refractivity contribution >= 4 is 26.7 Å². The normalized spacial score (nSPS) is 15.0. The molecule has 1 aliphatic rings. The largest absolute Gasteiger partial charge is 0.352 e. The van der Waals surface area contributed by atoms with Crippen molar-refractivity contribution in [3.63, 3.8) is 0 Å². The summed E-state index contributed by atoms with van der Waals surface area (Å²) in [6, 6.07) is 12.9. The van der Waals surface area contributed by atoms with E-state index in [0.29, 0.717) is 0 Å². The molecule has 0 unspecified atom stereocenters. The maximum atomic E-state index is 12.8. The van der Waals surface area contributed by atoms with Crippen LogP contribution in [0.5, 0.6) is 0 Å². The van der Waals surface area contributed by atoms with E-state index >= 15 is 0 Å². The van der Waals surface area contributed by atoms with Crippen LogP contribution >= 0.6 is 0 Å². The number of likely N-dealkylation sites (N-methyl/N-ethyl adjacent to an activating group) is 1. The Morgan fingerprint density at radius 2 is 1.87 bits per heavy atom. The van der Waals surface area contributed by atoms with E-state index in [1.165, 1.54) is 4.31 Å². The molecular formula is C17H20N2O3S. The minimum atomic E-state index is -3.68. The van der Waals surface area contributed by atoms with Gasteiger partial charge in [0.15, 0.2) is 0 Å². The number of sulfonamides is 1. The molecule has 0 aromatic heterocycles. The number of nitrogens with zero attached hydrogens (tertiary/aromatic N) is 1. The molecule has 1 aliphatic carbocycles. The highest BCUT2D eigenvalue weighted by molar-refractivity contribution is 7.89. The molecule has 5 nitrogen and oxygen atoms in total. The smallest absolute Gasteiger partial charge is 0.243 e. The minimum Gasteiger partial charge on any atom is -0.352 e. The molecule has 0 saturated heterocycles. The van der Waals surface area contributed by atoms with Gasteiger partial charge in [-0.3, -0.25) is 4.79 Å². The van der Waals surface area contributed by atoms with Crippen molar-refractivity contribution in [2.45, 2.75) is 30.7 Å². The summed E-state index contributed by atoms with van der Waals surface area (Å²) in [4.78, 5) is 12.2. The van der Waals surface area contributed by atoms with Gasteiger partial charge in [-0.25, -0.2) is 8.42 Å². The molecule has 2 aromatic carbocycles. The third kappa shape index (κ3) is 3.54. The molecule has 0 atom stereocenters. The molecule has 1 saturated carbocycles. The third-order valence-corrected chi connectivity index (χ3v) is 5.89. The third-order valence-electron chi connectivity index (χ3n) is 3.97. The molecule has 6 heteroatoms. The molecule has 0 aliphatic heterocycles. The van der Waals surface area contributed by atoms with Gasteiger partial charge in [0.2, 0.25) is 15.9 Å². The van der Waals surface area contributed by atoms with Gasteiger partial charge < -0.3 is 5.32 Å². The monoisotopic (exact) mass is 332 g/mol. The van der Waals surface area contributed by atoms with Gasteiger partial charge in [-0.1, -0.05) is 37.3 Å². The Balaban J connectivity index is 1.85. The Hall–Kier alpha value is -1.92. The summed E-state index contributed by atoms with van der Waals surface area (Å²) in [6.45, 7) is 1.86. The molecule has 3 rings (SSSR count). The fourth-order valence-corrected chi connectivity index (χ4v) is 3.95. The molecule has 1 amide bonds. The number of amides is 1. The van der Waals surface area contributed by atoms with Crippen molar-refractivity contribution in [3.8, 4) is 0 Å². The Labute approximate surface area is 136 Å². The summed E-state index contributed by atoms with van der Waals surface area (Å²) < 4.78 is 26.8. The van der Waals surface area contributed by atoms with Crippen LogP contribution in [0.25, 0.3) is 10.8 Å². The fraction of sp³-hybridized carbons (Fsp3) is 0.353. The lowest BCUT2D eigenvalue weighted by molar-refractivity contribution is -0.121. The van der Waals surface area contributed by atoms with Crippen molar-refractivity contribution < 1.29 is 13.2 Å². The lowest BCUT2D eigenvalue weighted by Crippen LogP contribution is -2.41. The molecule has 2 aromatic rings. The molecule has 0 heterocycles. The zero-order chi connectivity index (χ0) is 16.4. The number of carbonyl (C=O) groups excluding carboxylic acids is 1. The first-order valence-electron chi connectivity index (χ1n) is 7.79. The van der Waals surface area contributed by atoms with Crippen molar-refractivity contribution in [1.82, 2.24) is 9.62 Å². The Bertz CT molecular complexity index is 829. The van der Waals surface area contributed by atoms with E-state index in [1.807, 2.05) is 24.3 Å². The van der Waals surface area contributed by atoms with Crippen molar-refractivity contribution in [1.29, 1.82) is 0 Å². The number of hydrogen-bond acceptors (Lipinski definition) is 3. The van der Waals surface area contributed by atoms with E-state index in [-0.39, 0.29) is 29.9 Å². The van der Waals surface area contributed by atoms with Crippen LogP contribution in [0.2, 0.25) is 0 Å². The van der Waals surface area contributed by atoms with Crippen LogP contribution in [0.15, 0.2) is 47.4 Å². The first-order valence-corrected chi connectivity index (χ1v) is 9.23. The molecule has 0 spiro atoms. The average Bonchev–Trinajstić information content (AvgIpc) is 3.35. The maximum absolute atomic E-state index is 12.8. The first-order chi connectivity index (χ1) is 11.0. The summed E-state index contributed by atoms with van der Waals surface area (Å²) in [5, 5.41) is 4.68. The zero-order valence-electron chi connectivity index (χ0n) is 13.0. The van der Waals surface area contributed by atoms with E-state index in [4.69, 9.17) is 0 Å². The standard InChI is InChI=1S/C17H20N2O3S/c1-2-19(12-17(20)18-15-8-9-15)23(21,22)16-10-7-13-5-3-4-6-14(13)11-16/h3-7,10-11,15H,2,8-9,12H2,1H3,(H,18,20). The molecule has 1 fully saturated rings. The number of carbonyl (C=O) groups is 1. The van der Waals surface area contributed by atoms with Crippen LogP contribution < -0.4 is 5.32 Å². The highest BCUT2D eigenvalue weighted by Crippen LogP contribution is 2.22. The van der Waals surface area contributed by atoms with Gasteiger partial charge in [-0.05, 0) is 35.7 Å². The Morgan fingerprint density at radius 1 is 1.17 bits per heavy atom. The first kappa shape index (κ1) is 16.0. The lowest BCUT2D eigenvalue weighted by atomic mass is 10.1. The topological polar surface area (TPSA) is 66.5 Å². The van der Waals surface area contributed by atoms with Crippen LogP contribution in [-0.4, -0.2) is 37.8 Å². The summed E-state index contributed by atoms with van der Waals surface area (Å²) in [5.74, 6) is -0.237. The van der Waals surface area contributed by atoms with Crippen molar-refractivity contribution in [2.24, 2.45) is 0 Å². The van der Waals surface area contributed by atoms with Crippen LogP contribution in [-0.2, 0) is 14.8 Å². The number of nitrogens with one attached hydrogen (secondary N) is 1. The molecule has 23 heavy (non-hydrogen) atoms. The number of fused-ring (bicyclic) bond motifs is 1. The Morgan fingerprint density at radius 3 is 2.52 bits per heavy atom. The summed E-state index contributed by atoms with van der Waals surface area (Å²) in [5.41, 5.74) is 0. The van der Waals surface area contributed by atoms with Gasteiger partial charge in [-0.2, -0.15) is 4.31 Å². The van der Waals surface area contributed by atoms with Gasteiger partial charge in [-0.15, -0.1) is 0 Å². The fourth-order valence-electron chi connectivity index (χ4n) is 2.50. The Kier molecular flexibility index (Phi) is 4.37. The second kappa shape index (κ2) is 6.29. The molecule has 0 bridgehead atoms. The van der Waals surface area contributed by atoms with Gasteiger partial charge in [0.25, 0.3) is 0 Å². The molecule has 122 valence electrons. The average molecular weight is 332 g/mol. The lowest BCUT2D eigenvalue weighted by Gasteiger charge is -2.20. The van der Waals surface area contributed by atoms with E-state index in [1.54, 1.807) is 25.1 Å². The van der Waals surface area contributed by atoms with Crippen LogP contribution in [0.4, 0.5) is 0 Å². The van der Waals surface area contributed by atoms with Crippen LogP contribution in [0, 0.1) is 0 Å². The van der Waals surface area contributed by atoms with E-state index < -0.39 is 10.0 Å². The number of benzene rings is 2. The second-order valence-corrected chi connectivity index (χ2v) is 7.72. The minimum absolute atomic E-state index is 0.137. The predicted molar refractivity (Wildman–Crippen MR) is 89.5 cm³/mol. The van der Waals surface area contributed by atoms with Gasteiger partial charge in [0, 0.05) is 12.6 Å². The zero-order valence-corrected chi connectivity index (χ0v) is 13.8. The van der Waals surface area contributed by atoms with Gasteiger partial charge >= 0.3 is 0 Å². The van der Waals surface area contributed by atoms with Crippen molar-refractivity contribution in [2.75, 3.05) is 13.1 Å². The summed E-state index contributed by atoms with van der Waals surface area (Å²) in [7, 11) is -3.68. The quantitative estimate of drug-likeness (QED) is 0.881. The van der Waals surface area contributed by atoms with Gasteiger partial charge in [0.05, 0.1) is 11.4 Å². The maximum Gasteiger partial charge on any atom is 0.243 e. The van der Waals surface area contributed by atoms with Crippen LogP contribution in [0.3, 0.4) is 0 Å². The highest BCUT2D eigenvalue weighted by atomic mass is 32.2. The van der Waals surface area contributed by atoms with E-state index in [9.17, 15) is 13.2 Å². The number of rotatable bonds is 6. The second-order valence-electron chi connectivity index (χ2n) is 5.78. The van der Waals surface area contributed by atoms with E-state index in [0.717, 1.165) is 23.6 Å².